The van der Waals surface area contributed by atoms with E-state index in [1.54, 1.807) is 0 Å². The Hall–Kier alpha value is -1.05. The minimum absolute atomic E-state index is 0.267. The van der Waals surface area contributed by atoms with Gasteiger partial charge < -0.3 is 4.74 Å². The first-order valence-electron chi connectivity index (χ1n) is 2.96. The van der Waals surface area contributed by atoms with E-state index in [1.807, 2.05) is 6.07 Å². The Labute approximate surface area is 78.1 Å². The number of carbonyl (C=O) groups excluding carboxylic acids is 1. The van der Waals surface area contributed by atoms with Gasteiger partial charge >= 0.3 is 5.97 Å². The highest BCUT2D eigenvalue weighted by Gasteiger charge is 2.14. The zero-order valence-electron chi connectivity index (χ0n) is 6.13. The van der Waals surface area contributed by atoms with Crippen LogP contribution in [0, 0.1) is 11.3 Å². The molecule has 5 heteroatoms. The third kappa shape index (κ3) is 1.58. The predicted octanol–water partition coefficient (Wildman–Crippen LogP) is 2.06. The van der Waals surface area contributed by atoms with Gasteiger partial charge in [-0.25, -0.2) is 4.79 Å². The normalized spacial score (nSPS) is 9.08. The molecule has 0 bridgehead atoms. The average Bonchev–Trinajstić information content (AvgIpc) is 2.45. The largest absolute Gasteiger partial charge is 0.465 e. The van der Waals surface area contributed by atoms with Crippen molar-refractivity contribution in [2.75, 3.05) is 7.11 Å². The molecular weight excluding hydrogens is 198 g/mol. The van der Waals surface area contributed by atoms with Crippen LogP contribution in [0.1, 0.15) is 14.5 Å². The Morgan fingerprint density at radius 3 is 2.92 bits per heavy atom. The maximum absolute atomic E-state index is 11.0. The summed E-state index contributed by atoms with van der Waals surface area (Å²) in [4.78, 5) is 11.6. The van der Waals surface area contributed by atoms with Gasteiger partial charge in [0.2, 0.25) is 0 Å². The van der Waals surface area contributed by atoms with Crippen molar-refractivity contribution in [2.24, 2.45) is 0 Å². The van der Waals surface area contributed by atoms with E-state index < -0.39 is 5.97 Å². The van der Waals surface area contributed by atoms with Gasteiger partial charge in [0.15, 0.2) is 0 Å². The molecule has 0 radical (unpaired) electrons. The molecule has 0 aromatic carbocycles. The van der Waals surface area contributed by atoms with Crippen LogP contribution in [0.4, 0.5) is 0 Å². The van der Waals surface area contributed by atoms with Gasteiger partial charge in [-0.2, -0.15) is 5.26 Å². The molecule has 12 heavy (non-hydrogen) atoms. The summed E-state index contributed by atoms with van der Waals surface area (Å²) >= 11 is 6.68. The molecule has 0 saturated carbocycles. The Kier molecular flexibility index (Phi) is 2.69. The van der Waals surface area contributed by atoms with E-state index >= 15 is 0 Å². The molecule has 62 valence electrons. The second kappa shape index (κ2) is 3.57. The lowest BCUT2D eigenvalue weighted by atomic mass is 10.4. The quantitative estimate of drug-likeness (QED) is 0.654. The molecule has 0 spiro atoms. The third-order valence-electron chi connectivity index (χ3n) is 1.17. The van der Waals surface area contributed by atoms with E-state index in [2.05, 4.69) is 4.74 Å². The summed E-state index contributed by atoms with van der Waals surface area (Å²) in [6.07, 6.45) is 0. The summed E-state index contributed by atoms with van der Waals surface area (Å²) in [5, 5.41) is 8.75. The first-order valence-corrected chi connectivity index (χ1v) is 4.16. The van der Waals surface area contributed by atoms with Crippen LogP contribution < -0.4 is 0 Å². The van der Waals surface area contributed by atoms with Crippen molar-refractivity contribution < 1.29 is 9.53 Å². The number of nitriles is 1. The highest BCUT2D eigenvalue weighted by Crippen LogP contribution is 2.26. The molecule has 0 atom stereocenters. The number of methoxy groups -OCH3 is 1. The summed E-state index contributed by atoms with van der Waals surface area (Å²) in [7, 11) is 1.27. The van der Waals surface area contributed by atoms with Crippen LogP contribution in [0.3, 0.4) is 0 Å². The van der Waals surface area contributed by atoms with Crippen molar-refractivity contribution in [1.82, 2.24) is 0 Å². The molecule has 0 saturated heterocycles. The molecule has 0 aliphatic carbocycles. The molecule has 1 aromatic heterocycles. The second-order valence-electron chi connectivity index (χ2n) is 1.89. The van der Waals surface area contributed by atoms with Gasteiger partial charge in [-0.05, 0) is 6.07 Å². The zero-order chi connectivity index (χ0) is 9.14. The lowest BCUT2D eigenvalue weighted by Gasteiger charge is -1.92. The number of esters is 1. The topological polar surface area (TPSA) is 50.1 Å². The lowest BCUT2D eigenvalue weighted by molar-refractivity contribution is 0.0606. The van der Waals surface area contributed by atoms with E-state index in [4.69, 9.17) is 16.9 Å². The Balaban J connectivity index is 3.10. The smallest absolute Gasteiger partial charge is 0.349 e. The van der Waals surface area contributed by atoms with E-state index in [0.717, 1.165) is 11.3 Å². The predicted molar refractivity (Wildman–Crippen MR) is 45.4 cm³/mol. The van der Waals surface area contributed by atoms with Gasteiger partial charge in [-0.1, -0.05) is 11.6 Å². The van der Waals surface area contributed by atoms with Crippen molar-refractivity contribution >= 4 is 28.9 Å². The lowest BCUT2D eigenvalue weighted by Crippen LogP contribution is -1.97. The van der Waals surface area contributed by atoms with Crippen molar-refractivity contribution in [2.45, 2.75) is 0 Å². The Morgan fingerprint density at radius 1 is 1.83 bits per heavy atom. The molecule has 3 nitrogen and oxygen atoms in total. The Morgan fingerprint density at radius 2 is 2.50 bits per heavy atom. The first kappa shape index (κ1) is 9.04. The van der Waals surface area contributed by atoms with Gasteiger partial charge in [0, 0.05) is 0 Å². The van der Waals surface area contributed by atoms with Gasteiger partial charge in [0.25, 0.3) is 0 Å². The average molecular weight is 202 g/mol. The number of rotatable bonds is 1. The van der Waals surface area contributed by atoms with Gasteiger partial charge in [-0.15, -0.1) is 11.3 Å². The summed E-state index contributed by atoms with van der Waals surface area (Å²) < 4.78 is 4.45. The van der Waals surface area contributed by atoms with Crippen LogP contribution in [0.5, 0.6) is 0 Å². The minimum Gasteiger partial charge on any atom is -0.465 e. The standard InChI is InChI=1S/C7H4ClNO2S/c1-11-7(10)6-5(8)2-4(3-9)12-6/h2H,1H3. The van der Waals surface area contributed by atoms with Crippen molar-refractivity contribution in [1.29, 1.82) is 5.26 Å². The van der Waals surface area contributed by atoms with E-state index in [9.17, 15) is 4.79 Å². The van der Waals surface area contributed by atoms with E-state index in [0.29, 0.717) is 4.88 Å². The monoisotopic (exact) mass is 201 g/mol. The van der Waals surface area contributed by atoms with Crippen molar-refractivity contribution in [3.8, 4) is 6.07 Å². The Bertz CT molecular complexity index is 353. The summed E-state index contributed by atoms with van der Waals surface area (Å²) in [6.45, 7) is 0. The van der Waals surface area contributed by atoms with Crippen LogP contribution in [0.15, 0.2) is 6.07 Å². The van der Waals surface area contributed by atoms with Crippen LogP contribution in [0.2, 0.25) is 5.02 Å². The molecule has 0 N–H and O–H groups in total. The van der Waals surface area contributed by atoms with Gasteiger partial charge in [0.05, 0.1) is 12.1 Å². The fraction of sp³-hybridized carbons (Fsp3) is 0.143. The maximum atomic E-state index is 11.0. The number of nitrogens with zero attached hydrogens (tertiary/aromatic N) is 1. The summed E-state index contributed by atoms with van der Waals surface area (Å²) in [6, 6.07) is 3.34. The first-order chi connectivity index (χ1) is 5.69. The van der Waals surface area contributed by atoms with E-state index in [1.165, 1.54) is 13.2 Å². The van der Waals surface area contributed by atoms with E-state index in [-0.39, 0.29) is 9.90 Å². The summed E-state index contributed by atoms with van der Waals surface area (Å²) in [5.74, 6) is -0.508. The van der Waals surface area contributed by atoms with Crippen LogP contribution in [0.25, 0.3) is 0 Å². The molecule has 0 fully saturated rings. The molecule has 1 aromatic rings. The molecule has 0 unspecified atom stereocenters. The fourth-order valence-corrected chi connectivity index (χ4v) is 1.79. The van der Waals surface area contributed by atoms with Crippen molar-refractivity contribution in [3.63, 3.8) is 0 Å². The molecule has 0 aliphatic rings. The molecule has 1 heterocycles. The highest BCUT2D eigenvalue weighted by atomic mass is 35.5. The third-order valence-corrected chi connectivity index (χ3v) is 2.60. The maximum Gasteiger partial charge on any atom is 0.349 e. The molecule has 1 rings (SSSR count). The fourth-order valence-electron chi connectivity index (χ4n) is 0.656. The number of hydrogen-bond acceptors (Lipinski definition) is 4. The SMILES string of the molecule is COC(=O)c1sc(C#N)cc1Cl. The highest BCUT2D eigenvalue weighted by molar-refractivity contribution is 7.15. The second-order valence-corrected chi connectivity index (χ2v) is 3.35. The summed E-state index contributed by atoms with van der Waals surface area (Å²) in [5.41, 5.74) is 0. The number of thiophene rings is 1. The molecule has 0 aliphatic heterocycles. The number of ether oxygens (including phenoxy) is 1. The number of halogens is 1. The van der Waals surface area contributed by atoms with Gasteiger partial charge in [0.1, 0.15) is 15.8 Å². The number of carbonyl (C=O) groups is 1. The molecule has 0 amide bonds. The molecular formula is C7H4ClNO2S. The van der Waals surface area contributed by atoms with Crippen LogP contribution in [-0.2, 0) is 4.74 Å². The van der Waals surface area contributed by atoms with Crippen LogP contribution >= 0.6 is 22.9 Å². The van der Waals surface area contributed by atoms with Crippen LogP contribution in [-0.4, -0.2) is 13.1 Å². The van der Waals surface area contributed by atoms with Gasteiger partial charge in [-0.3, -0.25) is 0 Å². The zero-order valence-corrected chi connectivity index (χ0v) is 7.70. The minimum atomic E-state index is -0.508. The van der Waals surface area contributed by atoms with Crippen molar-refractivity contribution in [3.05, 3.63) is 20.8 Å². The number of hydrogen-bond donors (Lipinski definition) is 0.